The number of thiazole rings is 1. The molecule has 0 aromatic carbocycles. The molecule has 0 aliphatic rings. The van der Waals surface area contributed by atoms with Crippen LogP contribution in [0, 0.1) is 0 Å². The maximum Gasteiger partial charge on any atom is 0.459 e. The van der Waals surface area contributed by atoms with Gasteiger partial charge in [-0.2, -0.15) is 22.0 Å². The highest BCUT2D eigenvalue weighted by Gasteiger charge is 2.60. The summed E-state index contributed by atoms with van der Waals surface area (Å²) >= 11 is 0.534. The zero-order chi connectivity index (χ0) is 10.3. The number of anilines is 1. The first-order chi connectivity index (χ1) is 5.75. The molecule has 0 amide bonds. The molecule has 1 aromatic heterocycles. The predicted octanol–water partition coefficient (Wildman–Crippen LogP) is 2.38. The highest BCUT2D eigenvalue weighted by molar-refractivity contribution is 7.13. The number of nitrogens with zero attached hydrogens (tertiary/aromatic N) is 1. The Bertz CT molecular complexity index is 304. The smallest absolute Gasteiger partial charge is 0.375 e. The second-order valence-electron chi connectivity index (χ2n) is 2.14. The molecule has 0 aliphatic carbocycles. The van der Waals surface area contributed by atoms with E-state index in [9.17, 15) is 22.0 Å². The van der Waals surface area contributed by atoms with Crippen LogP contribution >= 0.6 is 11.3 Å². The van der Waals surface area contributed by atoms with Crippen LogP contribution in [0.5, 0.6) is 0 Å². The van der Waals surface area contributed by atoms with Gasteiger partial charge in [0.25, 0.3) is 0 Å². The number of hydrogen-bond donors (Lipinski definition) is 1. The van der Waals surface area contributed by atoms with Crippen molar-refractivity contribution in [2.75, 3.05) is 5.73 Å². The predicted molar refractivity (Wildman–Crippen MR) is 36.5 cm³/mol. The molecule has 0 spiro atoms. The second kappa shape index (κ2) is 2.79. The molecular weight excluding hydrogens is 215 g/mol. The molecule has 8 heteroatoms. The summed E-state index contributed by atoms with van der Waals surface area (Å²) in [4.78, 5) is 2.88. The van der Waals surface area contributed by atoms with Gasteiger partial charge < -0.3 is 5.73 Å². The topological polar surface area (TPSA) is 38.9 Å². The van der Waals surface area contributed by atoms with Gasteiger partial charge in [-0.15, -0.1) is 11.3 Å². The summed E-state index contributed by atoms with van der Waals surface area (Å²) < 4.78 is 60.0. The third kappa shape index (κ3) is 1.71. The Balaban J connectivity index is 3.07. The lowest BCUT2D eigenvalue weighted by molar-refractivity contribution is -0.290. The van der Waals surface area contributed by atoms with E-state index in [2.05, 4.69) is 4.98 Å². The lowest BCUT2D eigenvalue weighted by Crippen LogP contribution is -2.33. The molecule has 0 saturated heterocycles. The average Bonchev–Trinajstić information content (AvgIpc) is 2.33. The molecule has 0 atom stereocenters. The fraction of sp³-hybridized carbons (Fsp3) is 0.400. The quantitative estimate of drug-likeness (QED) is 0.735. The van der Waals surface area contributed by atoms with Crippen molar-refractivity contribution in [3.63, 3.8) is 0 Å². The Kier molecular flexibility index (Phi) is 2.18. The van der Waals surface area contributed by atoms with Crippen LogP contribution in [0.1, 0.15) is 5.69 Å². The summed E-state index contributed by atoms with van der Waals surface area (Å²) in [6, 6.07) is 0. The molecule has 1 aromatic rings. The highest BCUT2D eigenvalue weighted by Crippen LogP contribution is 2.43. The Hall–Kier alpha value is -0.920. The normalized spacial score (nSPS) is 13.3. The van der Waals surface area contributed by atoms with E-state index < -0.39 is 17.8 Å². The van der Waals surface area contributed by atoms with Gasteiger partial charge in [0.05, 0.1) is 0 Å². The highest BCUT2D eigenvalue weighted by atomic mass is 32.1. The van der Waals surface area contributed by atoms with E-state index in [-0.39, 0.29) is 5.13 Å². The summed E-state index contributed by atoms with van der Waals surface area (Å²) in [5.41, 5.74) is 3.57. The summed E-state index contributed by atoms with van der Waals surface area (Å²) in [5, 5.41) is 0.266. The van der Waals surface area contributed by atoms with Gasteiger partial charge >= 0.3 is 12.1 Å². The van der Waals surface area contributed by atoms with Crippen LogP contribution in [0.15, 0.2) is 5.38 Å². The molecule has 0 radical (unpaired) electrons. The van der Waals surface area contributed by atoms with Crippen molar-refractivity contribution in [2.45, 2.75) is 12.1 Å². The largest absolute Gasteiger partial charge is 0.459 e. The van der Waals surface area contributed by atoms with Crippen molar-refractivity contribution in [1.82, 2.24) is 4.98 Å². The fourth-order valence-electron chi connectivity index (χ4n) is 0.577. The van der Waals surface area contributed by atoms with Crippen LogP contribution in [-0.2, 0) is 5.92 Å². The molecule has 0 saturated carbocycles. The number of rotatable bonds is 1. The lowest BCUT2D eigenvalue weighted by Gasteiger charge is -2.16. The van der Waals surface area contributed by atoms with E-state index in [4.69, 9.17) is 5.73 Å². The van der Waals surface area contributed by atoms with Crippen molar-refractivity contribution in [3.05, 3.63) is 11.1 Å². The monoisotopic (exact) mass is 218 g/mol. The van der Waals surface area contributed by atoms with Crippen molar-refractivity contribution in [1.29, 1.82) is 0 Å². The Morgan fingerprint density at radius 1 is 1.23 bits per heavy atom. The van der Waals surface area contributed by atoms with Gasteiger partial charge in [0.15, 0.2) is 5.13 Å². The Labute approximate surface area is 73.2 Å². The molecule has 0 fully saturated rings. The maximum atomic E-state index is 12.4. The maximum absolute atomic E-state index is 12.4. The molecule has 1 heterocycles. The minimum Gasteiger partial charge on any atom is -0.375 e. The van der Waals surface area contributed by atoms with Crippen molar-refractivity contribution < 1.29 is 22.0 Å². The first-order valence-corrected chi connectivity index (χ1v) is 3.79. The van der Waals surface area contributed by atoms with Crippen molar-refractivity contribution >= 4 is 16.5 Å². The SMILES string of the molecule is Nc1nc(C(F)(F)C(F)(F)F)cs1. The molecule has 0 unspecified atom stereocenters. The molecule has 74 valence electrons. The summed E-state index contributed by atoms with van der Waals surface area (Å²) in [6.07, 6.45) is -5.63. The van der Waals surface area contributed by atoms with Crippen LogP contribution in [0.2, 0.25) is 0 Å². The zero-order valence-corrected chi connectivity index (χ0v) is 6.72. The van der Waals surface area contributed by atoms with Crippen LogP contribution in [0.3, 0.4) is 0 Å². The molecule has 13 heavy (non-hydrogen) atoms. The third-order valence-electron chi connectivity index (χ3n) is 1.20. The third-order valence-corrected chi connectivity index (χ3v) is 1.87. The van der Waals surface area contributed by atoms with Crippen molar-refractivity contribution in [3.8, 4) is 0 Å². The molecule has 1 rings (SSSR count). The standard InChI is InChI=1S/C5H3F5N2S/c6-4(7,5(8,9)10)2-1-13-3(11)12-2/h1H,(H2,11,12). The summed E-state index contributed by atoms with van der Waals surface area (Å²) in [6.45, 7) is 0. The fourth-order valence-corrected chi connectivity index (χ4v) is 1.16. The number of hydrogen-bond acceptors (Lipinski definition) is 3. The molecule has 0 bridgehead atoms. The van der Waals surface area contributed by atoms with Crippen molar-refractivity contribution in [2.24, 2.45) is 0 Å². The number of aromatic nitrogens is 1. The van der Waals surface area contributed by atoms with E-state index in [0.29, 0.717) is 16.7 Å². The van der Waals surface area contributed by atoms with Crippen LogP contribution in [0.25, 0.3) is 0 Å². The molecule has 0 aliphatic heterocycles. The molecular formula is C5H3F5N2S. The van der Waals surface area contributed by atoms with Gasteiger partial charge in [-0.1, -0.05) is 0 Å². The zero-order valence-electron chi connectivity index (χ0n) is 5.90. The van der Waals surface area contributed by atoms with Crippen LogP contribution < -0.4 is 5.73 Å². The number of alkyl halides is 5. The molecule has 2 nitrogen and oxygen atoms in total. The minimum absolute atomic E-state index is 0.320. The van der Waals surface area contributed by atoms with Gasteiger partial charge in [0.2, 0.25) is 0 Å². The Morgan fingerprint density at radius 2 is 1.77 bits per heavy atom. The Morgan fingerprint density at radius 3 is 2.08 bits per heavy atom. The summed E-state index contributed by atoms with van der Waals surface area (Å²) in [5.74, 6) is -4.93. The number of nitrogen functional groups attached to an aromatic ring is 1. The van der Waals surface area contributed by atoms with E-state index in [1.165, 1.54) is 0 Å². The van der Waals surface area contributed by atoms with Gasteiger partial charge in [-0.25, -0.2) is 4.98 Å². The van der Waals surface area contributed by atoms with E-state index in [1.54, 1.807) is 0 Å². The van der Waals surface area contributed by atoms with E-state index >= 15 is 0 Å². The lowest BCUT2D eigenvalue weighted by atomic mass is 10.2. The average molecular weight is 218 g/mol. The van der Waals surface area contributed by atoms with Crippen LogP contribution in [-0.4, -0.2) is 11.2 Å². The van der Waals surface area contributed by atoms with Gasteiger partial charge in [-0.05, 0) is 0 Å². The first kappa shape index (κ1) is 10.2. The first-order valence-electron chi connectivity index (χ1n) is 2.91. The van der Waals surface area contributed by atoms with Gasteiger partial charge in [-0.3, -0.25) is 0 Å². The second-order valence-corrected chi connectivity index (χ2v) is 3.03. The minimum atomic E-state index is -5.63. The van der Waals surface area contributed by atoms with E-state index in [0.717, 1.165) is 0 Å². The van der Waals surface area contributed by atoms with Gasteiger partial charge in [0.1, 0.15) is 5.69 Å². The number of nitrogens with two attached hydrogens (primary N) is 1. The van der Waals surface area contributed by atoms with Crippen LogP contribution in [0.4, 0.5) is 27.1 Å². The van der Waals surface area contributed by atoms with Gasteiger partial charge in [0, 0.05) is 5.38 Å². The molecule has 2 N–H and O–H groups in total. The van der Waals surface area contributed by atoms with E-state index in [1.807, 2.05) is 0 Å². The summed E-state index contributed by atoms with van der Waals surface area (Å²) in [7, 11) is 0. The number of halogens is 5.